The quantitative estimate of drug-likeness (QED) is 0.278. The van der Waals surface area contributed by atoms with Gasteiger partial charge in [0, 0.05) is 16.4 Å². The molecule has 38 heavy (non-hydrogen) atoms. The summed E-state index contributed by atoms with van der Waals surface area (Å²) < 4.78 is 11.8. The van der Waals surface area contributed by atoms with Crippen LogP contribution >= 0.6 is 0 Å². The number of ketones is 2. The second-order valence-electron chi connectivity index (χ2n) is 12.9. The number of Topliss-reactive ketones (excluding diaryl/α,β-unsaturated/α-hetero) is 2. The Morgan fingerprint density at radius 3 is 1.76 bits per heavy atom. The fourth-order valence-electron chi connectivity index (χ4n) is 7.80. The largest absolute Gasteiger partial charge is 0.426 e. The van der Waals surface area contributed by atoms with Crippen LogP contribution in [0.5, 0.6) is 11.5 Å². The third-order valence-corrected chi connectivity index (χ3v) is 10.3. The minimum Gasteiger partial charge on any atom is -0.426 e. The molecule has 4 bridgehead atoms. The van der Waals surface area contributed by atoms with Gasteiger partial charge in [-0.25, -0.2) is 0 Å². The van der Waals surface area contributed by atoms with Gasteiger partial charge in [-0.1, -0.05) is 58.0 Å². The predicted molar refractivity (Wildman–Crippen MR) is 140 cm³/mol. The lowest BCUT2D eigenvalue weighted by Gasteiger charge is -2.32. The Bertz CT molecular complexity index is 1370. The van der Waals surface area contributed by atoms with Crippen LogP contribution in [0.3, 0.4) is 0 Å². The SMILES string of the molecule is CC1(C)C(=O)C2(C(=O)Oc3ccc(OC(=O)C45CCC(C4)C(C)(C)C5=O)c(-c4ccccc4)c3)CCC1C2. The Labute approximate surface area is 223 Å². The van der Waals surface area contributed by atoms with E-state index in [0.29, 0.717) is 42.7 Å². The van der Waals surface area contributed by atoms with Crippen LogP contribution in [0.1, 0.15) is 66.2 Å². The number of benzene rings is 2. The van der Waals surface area contributed by atoms with Gasteiger partial charge >= 0.3 is 11.9 Å². The molecule has 6 heteroatoms. The third-order valence-electron chi connectivity index (χ3n) is 10.3. The van der Waals surface area contributed by atoms with Crippen molar-refractivity contribution in [1.82, 2.24) is 0 Å². The van der Waals surface area contributed by atoms with E-state index in [-0.39, 0.29) is 23.4 Å². The molecule has 4 atom stereocenters. The van der Waals surface area contributed by atoms with Crippen molar-refractivity contribution >= 4 is 23.5 Å². The monoisotopic (exact) mass is 514 g/mol. The van der Waals surface area contributed by atoms with Gasteiger partial charge in [0.05, 0.1) is 0 Å². The Kier molecular flexibility index (Phi) is 5.34. The highest BCUT2D eigenvalue weighted by molar-refractivity contribution is 6.10. The molecule has 6 rings (SSSR count). The molecule has 0 radical (unpaired) electrons. The average molecular weight is 515 g/mol. The van der Waals surface area contributed by atoms with Gasteiger partial charge in [0.2, 0.25) is 0 Å². The summed E-state index contributed by atoms with van der Waals surface area (Å²) >= 11 is 0. The van der Waals surface area contributed by atoms with E-state index in [0.717, 1.165) is 18.4 Å². The van der Waals surface area contributed by atoms with E-state index < -0.39 is 33.6 Å². The van der Waals surface area contributed by atoms with Gasteiger partial charge in [-0.05, 0) is 74.1 Å². The number of esters is 2. The van der Waals surface area contributed by atoms with Crippen LogP contribution in [0.15, 0.2) is 48.5 Å². The zero-order valence-electron chi connectivity index (χ0n) is 22.5. The number of carbonyl (C=O) groups is 4. The molecule has 0 aliphatic heterocycles. The Morgan fingerprint density at radius 1 is 0.737 bits per heavy atom. The number of hydrogen-bond acceptors (Lipinski definition) is 6. The number of carbonyl (C=O) groups excluding carboxylic acids is 4. The first-order chi connectivity index (χ1) is 17.9. The van der Waals surface area contributed by atoms with E-state index >= 15 is 0 Å². The topological polar surface area (TPSA) is 86.7 Å². The summed E-state index contributed by atoms with van der Waals surface area (Å²) in [6, 6.07) is 14.3. The number of hydrogen-bond donors (Lipinski definition) is 0. The molecule has 4 saturated carbocycles. The highest BCUT2D eigenvalue weighted by Crippen LogP contribution is 2.61. The zero-order chi connectivity index (χ0) is 27.1. The summed E-state index contributed by atoms with van der Waals surface area (Å²) in [6.45, 7) is 7.70. The van der Waals surface area contributed by atoms with Gasteiger partial charge in [-0.15, -0.1) is 0 Å². The van der Waals surface area contributed by atoms with Crippen LogP contribution in [0.2, 0.25) is 0 Å². The van der Waals surface area contributed by atoms with Crippen LogP contribution in [0.25, 0.3) is 11.1 Å². The first-order valence-corrected chi connectivity index (χ1v) is 13.7. The van der Waals surface area contributed by atoms with E-state index in [1.807, 2.05) is 58.0 Å². The minimum absolute atomic E-state index is 0.0293. The molecule has 6 nitrogen and oxygen atoms in total. The molecule has 2 aromatic rings. The summed E-state index contributed by atoms with van der Waals surface area (Å²) in [5, 5.41) is 0. The van der Waals surface area contributed by atoms with Crippen LogP contribution in [-0.4, -0.2) is 23.5 Å². The van der Waals surface area contributed by atoms with Gasteiger partial charge in [-0.3, -0.25) is 19.2 Å². The van der Waals surface area contributed by atoms with Crippen LogP contribution < -0.4 is 9.47 Å². The summed E-state index contributed by atoms with van der Waals surface area (Å²) in [6.07, 6.45) is 3.78. The lowest BCUT2D eigenvalue weighted by molar-refractivity contribution is -0.155. The van der Waals surface area contributed by atoms with Crippen molar-refractivity contribution in [2.75, 3.05) is 0 Å². The summed E-state index contributed by atoms with van der Waals surface area (Å²) in [7, 11) is 0. The fourth-order valence-corrected chi connectivity index (χ4v) is 7.80. The normalized spacial score (nSPS) is 32.0. The lowest BCUT2D eigenvalue weighted by Crippen LogP contribution is -2.44. The zero-order valence-corrected chi connectivity index (χ0v) is 22.5. The minimum atomic E-state index is -1.10. The van der Waals surface area contributed by atoms with Crippen molar-refractivity contribution in [2.24, 2.45) is 33.5 Å². The molecule has 0 saturated heterocycles. The number of rotatable bonds is 5. The lowest BCUT2D eigenvalue weighted by atomic mass is 9.71. The molecule has 0 heterocycles. The predicted octanol–water partition coefficient (Wildman–Crippen LogP) is 5.96. The maximum atomic E-state index is 13.5. The first-order valence-electron chi connectivity index (χ1n) is 13.7. The highest BCUT2D eigenvalue weighted by atomic mass is 16.5. The molecule has 4 aliphatic rings. The third kappa shape index (κ3) is 3.31. The fraction of sp³-hybridized carbons (Fsp3) is 0.500. The van der Waals surface area contributed by atoms with Crippen molar-refractivity contribution in [2.45, 2.75) is 66.2 Å². The van der Waals surface area contributed by atoms with Gasteiger partial charge in [0.25, 0.3) is 0 Å². The molecular weight excluding hydrogens is 480 g/mol. The molecule has 4 fully saturated rings. The number of ether oxygens (including phenoxy) is 2. The van der Waals surface area contributed by atoms with Crippen molar-refractivity contribution in [3.05, 3.63) is 48.5 Å². The molecule has 0 amide bonds. The van der Waals surface area contributed by atoms with Crippen molar-refractivity contribution in [3.63, 3.8) is 0 Å². The van der Waals surface area contributed by atoms with Crippen LogP contribution in [0.4, 0.5) is 0 Å². The molecule has 0 spiro atoms. The molecule has 198 valence electrons. The van der Waals surface area contributed by atoms with Crippen LogP contribution in [0, 0.1) is 33.5 Å². The maximum Gasteiger partial charge on any atom is 0.325 e. The Hall–Kier alpha value is -3.28. The molecule has 0 aromatic heterocycles. The van der Waals surface area contributed by atoms with Crippen molar-refractivity contribution in [1.29, 1.82) is 0 Å². The van der Waals surface area contributed by atoms with Gasteiger partial charge < -0.3 is 9.47 Å². The van der Waals surface area contributed by atoms with Crippen LogP contribution in [-0.2, 0) is 19.2 Å². The van der Waals surface area contributed by atoms with E-state index in [1.165, 1.54) is 0 Å². The van der Waals surface area contributed by atoms with E-state index in [1.54, 1.807) is 18.2 Å². The smallest absolute Gasteiger partial charge is 0.325 e. The van der Waals surface area contributed by atoms with E-state index in [4.69, 9.17) is 9.47 Å². The standard InChI is InChI=1S/C32H34O6/c1-29(2)20-12-14-31(17-20,25(29)33)27(35)37-22-10-11-24(23(16-22)19-8-6-5-7-9-19)38-28(36)32-15-13-21(18-32)30(3,4)26(32)34/h5-11,16,20-21H,12-15,17-18H2,1-4H3. The Morgan fingerprint density at radius 2 is 1.26 bits per heavy atom. The van der Waals surface area contributed by atoms with E-state index in [9.17, 15) is 19.2 Å². The maximum absolute atomic E-state index is 13.5. The van der Waals surface area contributed by atoms with Gasteiger partial charge in [0.15, 0.2) is 11.6 Å². The first kappa shape index (κ1) is 25.0. The molecule has 0 N–H and O–H groups in total. The average Bonchev–Trinajstić information content (AvgIpc) is 3.63. The van der Waals surface area contributed by atoms with E-state index in [2.05, 4.69) is 0 Å². The molecule has 4 unspecified atom stereocenters. The molecule has 4 aliphatic carbocycles. The van der Waals surface area contributed by atoms with Gasteiger partial charge in [0.1, 0.15) is 22.3 Å². The summed E-state index contributed by atoms with van der Waals surface area (Å²) in [4.78, 5) is 53.4. The second-order valence-corrected chi connectivity index (χ2v) is 12.9. The number of fused-ring (bicyclic) bond motifs is 4. The second kappa shape index (κ2) is 8.11. The Balaban J connectivity index is 1.30. The summed E-state index contributed by atoms with van der Waals surface area (Å²) in [5.74, 6) is -0.0802. The van der Waals surface area contributed by atoms with Gasteiger partial charge in [-0.2, -0.15) is 0 Å². The van der Waals surface area contributed by atoms with Crippen molar-refractivity contribution in [3.8, 4) is 22.6 Å². The molecular formula is C32H34O6. The highest BCUT2D eigenvalue weighted by Gasteiger charge is 2.67. The summed E-state index contributed by atoms with van der Waals surface area (Å²) in [5.41, 5.74) is -1.86. The molecule has 2 aromatic carbocycles. The van der Waals surface area contributed by atoms with Crippen molar-refractivity contribution < 1.29 is 28.7 Å².